The molecule has 64 heavy (non-hydrogen) atoms. The standard InChI is InChI=1S/C24BF20.C16H14NOS/c26-5-1(6(27)14(35)21(42)13(5)34)25(2-7(28)15(36)22(43)16(37)8(2)29,3-9(30)17(38)23(44)18(39)10(3)31)4-11(32)19(40)24(45)20(41)12(4)33;1-12-6-2-3-7-13(12)15(18)10-17-11-19-16-9-5-4-8-14(16)17/h;2-9,11H,10H2,1H3/q-1;+1. The van der Waals surface area contributed by atoms with Gasteiger partial charge in [0.05, 0.1) is 0 Å². The van der Waals surface area contributed by atoms with Crippen molar-refractivity contribution in [3.63, 3.8) is 0 Å². The average molecular weight is 947 g/mol. The van der Waals surface area contributed by atoms with Gasteiger partial charge in [-0.2, -0.15) is 4.57 Å². The van der Waals surface area contributed by atoms with E-state index in [0.717, 1.165) is 16.6 Å². The van der Waals surface area contributed by atoms with E-state index in [1.807, 2.05) is 53.4 Å². The molecular weight excluding hydrogens is 933 g/mol. The van der Waals surface area contributed by atoms with Gasteiger partial charge in [-0.15, -0.1) is 21.9 Å². The summed E-state index contributed by atoms with van der Waals surface area (Å²) in [6.07, 6.45) is -7.22. The third-order valence-electron chi connectivity index (χ3n) is 9.95. The van der Waals surface area contributed by atoms with Crippen LogP contribution >= 0.6 is 11.3 Å². The number of hydrogen-bond donors (Lipinski definition) is 0. The number of nitrogens with zero attached hydrogens (tertiary/aromatic N) is 1. The number of benzene rings is 6. The van der Waals surface area contributed by atoms with Crippen molar-refractivity contribution in [2.45, 2.75) is 13.5 Å². The molecule has 0 spiro atoms. The van der Waals surface area contributed by atoms with Crippen LogP contribution in [0.2, 0.25) is 0 Å². The first-order chi connectivity index (χ1) is 30.0. The van der Waals surface area contributed by atoms with Gasteiger partial charge in [-0.3, -0.25) is 4.79 Å². The second-order valence-corrected chi connectivity index (χ2v) is 14.2. The molecular formula is C40H14BF20NOS. The molecule has 0 fully saturated rings. The number of fused-ring (bicyclic) bond motifs is 1. The van der Waals surface area contributed by atoms with Gasteiger partial charge in [-0.1, -0.05) is 47.7 Å². The van der Waals surface area contributed by atoms with Gasteiger partial charge >= 0.3 is 0 Å². The maximum absolute atomic E-state index is 15.4. The van der Waals surface area contributed by atoms with Crippen LogP contribution in [-0.2, 0) is 6.54 Å². The van der Waals surface area contributed by atoms with Crippen molar-refractivity contribution in [2.75, 3.05) is 0 Å². The molecule has 0 aliphatic heterocycles. The van der Waals surface area contributed by atoms with Gasteiger partial charge in [-0.25, -0.2) is 87.8 Å². The summed E-state index contributed by atoms with van der Waals surface area (Å²) >= 11 is 1.67. The van der Waals surface area contributed by atoms with Crippen LogP contribution in [0.4, 0.5) is 87.8 Å². The van der Waals surface area contributed by atoms with Crippen molar-refractivity contribution in [1.29, 1.82) is 0 Å². The van der Waals surface area contributed by atoms with Crippen molar-refractivity contribution in [3.05, 3.63) is 182 Å². The van der Waals surface area contributed by atoms with E-state index in [1.165, 1.54) is 4.70 Å². The molecule has 1 heterocycles. The molecule has 0 aliphatic rings. The highest BCUT2D eigenvalue weighted by atomic mass is 32.1. The van der Waals surface area contributed by atoms with Crippen molar-refractivity contribution in [2.24, 2.45) is 0 Å². The number of hydrogen-bond acceptors (Lipinski definition) is 2. The fourth-order valence-corrected chi connectivity index (χ4v) is 7.99. The summed E-state index contributed by atoms with van der Waals surface area (Å²) in [6.45, 7) is 2.37. The average Bonchev–Trinajstić information content (AvgIpc) is 3.68. The molecule has 0 aliphatic carbocycles. The van der Waals surface area contributed by atoms with Gasteiger partial charge in [0.2, 0.25) is 23.4 Å². The molecule has 7 aromatic rings. The Kier molecular flexibility index (Phi) is 12.7. The fourth-order valence-electron chi connectivity index (χ4n) is 7.09. The molecule has 6 aromatic carbocycles. The minimum atomic E-state index is -7.22. The minimum Gasteiger partial charge on any atom is -0.287 e. The lowest BCUT2D eigenvalue weighted by atomic mass is 9.12. The topological polar surface area (TPSA) is 20.9 Å². The van der Waals surface area contributed by atoms with Crippen LogP contribution < -0.4 is 26.4 Å². The van der Waals surface area contributed by atoms with Gasteiger partial charge in [-0.05, 0) is 18.6 Å². The smallest absolute Gasteiger partial charge is 0.227 e. The molecule has 0 radical (unpaired) electrons. The van der Waals surface area contributed by atoms with E-state index in [1.54, 1.807) is 11.3 Å². The Bertz CT molecular complexity index is 2700. The molecule has 0 saturated heterocycles. The summed E-state index contributed by atoms with van der Waals surface area (Å²) in [5.41, 5.74) is -9.35. The summed E-state index contributed by atoms with van der Waals surface area (Å²) in [7, 11) is 0. The highest BCUT2D eigenvalue weighted by Crippen LogP contribution is 2.31. The Balaban J connectivity index is 0.000000295. The number of carbonyl (C=O) groups is 1. The van der Waals surface area contributed by atoms with Crippen LogP contribution in [0.5, 0.6) is 0 Å². The summed E-state index contributed by atoms with van der Waals surface area (Å²) in [5.74, 6) is -71.2. The molecule has 0 saturated carbocycles. The Morgan fingerprint density at radius 1 is 0.422 bits per heavy atom. The lowest BCUT2D eigenvalue weighted by molar-refractivity contribution is -0.652. The van der Waals surface area contributed by atoms with E-state index in [4.69, 9.17) is 0 Å². The summed E-state index contributed by atoms with van der Waals surface area (Å²) in [5, 5.41) is 0. The number of para-hydroxylation sites is 1. The second-order valence-electron chi connectivity index (χ2n) is 13.4. The van der Waals surface area contributed by atoms with Crippen LogP contribution in [0, 0.1) is 123 Å². The van der Waals surface area contributed by atoms with Crippen LogP contribution in [-0.4, -0.2) is 11.9 Å². The second kappa shape index (κ2) is 17.3. The zero-order valence-corrected chi connectivity index (χ0v) is 31.6. The molecule has 0 unspecified atom stereocenters. The van der Waals surface area contributed by atoms with E-state index in [-0.39, 0.29) is 5.78 Å². The van der Waals surface area contributed by atoms with Crippen LogP contribution in [0.1, 0.15) is 15.9 Å². The largest absolute Gasteiger partial charge is 0.287 e. The van der Waals surface area contributed by atoms with Crippen LogP contribution in [0.3, 0.4) is 0 Å². The predicted octanol–water partition coefficient (Wildman–Crippen LogP) is 9.23. The van der Waals surface area contributed by atoms with Crippen molar-refractivity contribution in [1.82, 2.24) is 0 Å². The number of rotatable bonds is 7. The van der Waals surface area contributed by atoms with Crippen LogP contribution in [0.25, 0.3) is 10.2 Å². The third kappa shape index (κ3) is 7.10. The van der Waals surface area contributed by atoms with Gasteiger partial charge in [0.1, 0.15) is 57.4 Å². The molecule has 0 amide bonds. The molecule has 334 valence electrons. The molecule has 2 nitrogen and oxygen atoms in total. The number of aryl methyl sites for hydroxylation is 1. The molecule has 7 rings (SSSR count). The highest BCUT2D eigenvalue weighted by molar-refractivity contribution is 7.20. The van der Waals surface area contributed by atoms with Gasteiger partial charge in [0.15, 0.2) is 69.8 Å². The number of aromatic nitrogens is 1. The summed E-state index contributed by atoms with van der Waals surface area (Å²) < 4.78 is 297. The highest BCUT2D eigenvalue weighted by Gasteiger charge is 2.52. The van der Waals surface area contributed by atoms with Crippen molar-refractivity contribution < 1.29 is 97.2 Å². The molecule has 0 atom stereocenters. The van der Waals surface area contributed by atoms with E-state index in [9.17, 15) is 57.5 Å². The Morgan fingerprint density at radius 2 is 0.703 bits per heavy atom. The first kappa shape index (κ1) is 47.0. The van der Waals surface area contributed by atoms with Gasteiger partial charge in [0.25, 0.3) is 0 Å². The zero-order valence-electron chi connectivity index (χ0n) is 30.8. The zero-order chi connectivity index (χ0) is 47.6. The number of ketones is 1. The normalized spacial score (nSPS) is 11.6. The van der Waals surface area contributed by atoms with Crippen LogP contribution in [0.15, 0.2) is 54.0 Å². The van der Waals surface area contributed by atoms with Gasteiger partial charge in [0, 0.05) is 11.6 Å². The lowest BCUT2D eigenvalue weighted by Crippen LogP contribution is -2.81. The SMILES string of the molecule is Cc1ccccc1C(=O)C[n+]1csc2ccccc21.Fc1c(F)c(F)c([B-](c2c(F)c(F)c(F)c(F)c2F)(c2c(F)c(F)c(F)c(F)c2F)c2c(F)c(F)c(F)c(F)c2F)c(F)c1F. The fraction of sp³-hybridized carbons (Fsp3) is 0.0500. The Hall–Kier alpha value is -6.46. The first-order valence-electron chi connectivity index (χ1n) is 17.1. The molecule has 24 heteroatoms. The van der Waals surface area contributed by atoms with Crippen molar-refractivity contribution in [3.8, 4) is 0 Å². The van der Waals surface area contributed by atoms with E-state index >= 15 is 35.1 Å². The lowest BCUT2D eigenvalue weighted by Gasteiger charge is -2.44. The maximum Gasteiger partial charge on any atom is 0.227 e. The number of carbonyl (C=O) groups excluding carboxylic acids is 1. The monoisotopic (exact) mass is 947 g/mol. The number of thiazole rings is 1. The van der Waals surface area contributed by atoms with E-state index in [0.29, 0.717) is 6.54 Å². The first-order valence-corrected chi connectivity index (χ1v) is 18.0. The number of halogens is 20. The Labute approximate surface area is 347 Å². The third-order valence-corrected chi connectivity index (χ3v) is 10.9. The molecule has 0 N–H and O–H groups in total. The maximum atomic E-state index is 15.4. The van der Waals surface area contributed by atoms with Crippen molar-refractivity contribution >= 4 is 55.3 Å². The quantitative estimate of drug-likeness (QED) is 0.0390. The van der Waals surface area contributed by atoms with E-state index < -0.39 is 144 Å². The summed E-state index contributed by atoms with van der Waals surface area (Å²) in [6, 6.07) is 15.9. The molecule has 0 bridgehead atoms. The predicted molar refractivity (Wildman–Crippen MR) is 187 cm³/mol. The molecule has 1 aromatic heterocycles. The number of Topliss-reactive ketones (excluding diaryl/α,β-unsaturated/α-hetero) is 1. The summed E-state index contributed by atoms with van der Waals surface area (Å²) in [4.78, 5) is 12.4. The van der Waals surface area contributed by atoms with E-state index in [2.05, 4.69) is 12.1 Å². The minimum absolute atomic E-state index is 0.159. The Morgan fingerprint density at radius 3 is 1.03 bits per heavy atom. The van der Waals surface area contributed by atoms with Gasteiger partial charge < -0.3 is 0 Å².